The van der Waals surface area contributed by atoms with E-state index in [4.69, 9.17) is 5.11 Å². The van der Waals surface area contributed by atoms with Crippen LogP contribution in [0.3, 0.4) is 0 Å². The summed E-state index contributed by atoms with van der Waals surface area (Å²) in [5.41, 5.74) is 1.07. The van der Waals surface area contributed by atoms with E-state index in [9.17, 15) is 4.79 Å². The van der Waals surface area contributed by atoms with E-state index in [1.165, 1.54) is 16.2 Å². The fourth-order valence-electron chi connectivity index (χ4n) is 1.34. The third kappa shape index (κ3) is 1.27. The summed E-state index contributed by atoms with van der Waals surface area (Å²) in [6, 6.07) is 0. The Labute approximate surface area is 73.3 Å². The molecule has 64 valence electrons. The number of nitrogens with one attached hydrogen (secondary N) is 1. The van der Waals surface area contributed by atoms with Crippen molar-refractivity contribution in [1.29, 1.82) is 0 Å². The minimum absolute atomic E-state index is 0.507. The molecular formula is C7H8N2O2S. The van der Waals surface area contributed by atoms with Gasteiger partial charge in [-0.3, -0.25) is 5.32 Å². The van der Waals surface area contributed by atoms with E-state index in [1.807, 2.05) is 0 Å². The Morgan fingerprint density at radius 2 is 2.42 bits per heavy atom. The van der Waals surface area contributed by atoms with Gasteiger partial charge in [-0.05, 0) is 19.3 Å². The maximum absolute atomic E-state index is 10.3. The topological polar surface area (TPSA) is 62.2 Å². The number of fused-ring (bicyclic) bond motifs is 1. The predicted molar refractivity (Wildman–Crippen MR) is 45.8 cm³/mol. The largest absolute Gasteiger partial charge is 0.465 e. The molecule has 12 heavy (non-hydrogen) atoms. The minimum Gasteiger partial charge on any atom is -0.465 e. The Morgan fingerprint density at radius 3 is 3.08 bits per heavy atom. The van der Waals surface area contributed by atoms with Gasteiger partial charge in [-0.15, -0.1) is 11.3 Å². The summed E-state index contributed by atoms with van der Waals surface area (Å²) in [6.45, 7) is 0. The summed E-state index contributed by atoms with van der Waals surface area (Å²) >= 11 is 1.45. The van der Waals surface area contributed by atoms with Gasteiger partial charge in [0, 0.05) is 4.88 Å². The van der Waals surface area contributed by atoms with Crippen LogP contribution in [0.5, 0.6) is 0 Å². The van der Waals surface area contributed by atoms with Gasteiger partial charge < -0.3 is 5.11 Å². The lowest BCUT2D eigenvalue weighted by molar-refractivity contribution is 0.209. The molecule has 0 bridgehead atoms. The number of aryl methyl sites for hydroxylation is 2. The highest BCUT2D eigenvalue weighted by atomic mass is 32.1. The Morgan fingerprint density at radius 1 is 1.58 bits per heavy atom. The summed E-state index contributed by atoms with van der Waals surface area (Å²) in [5.74, 6) is 0. The molecule has 2 rings (SSSR count). The quantitative estimate of drug-likeness (QED) is 0.698. The van der Waals surface area contributed by atoms with E-state index in [0.717, 1.165) is 25.0 Å². The van der Waals surface area contributed by atoms with Crippen molar-refractivity contribution in [2.45, 2.75) is 19.3 Å². The second kappa shape index (κ2) is 2.75. The van der Waals surface area contributed by atoms with Crippen molar-refractivity contribution in [1.82, 2.24) is 4.98 Å². The van der Waals surface area contributed by atoms with Crippen LogP contribution in [-0.4, -0.2) is 16.2 Å². The first-order valence-electron chi connectivity index (χ1n) is 3.74. The predicted octanol–water partition coefficient (Wildman–Crippen LogP) is 1.72. The van der Waals surface area contributed by atoms with Crippen molar-refractivity contribution in [2.24, 2.45) is 0 Å². The molecule has 1 aromatic rings. The number of hydrogen-bond acceptors (Lipinski definition) is 3. The number of carbonyl (C=O) groups is 1. The Balaban J connectivity index is 2.20. The number of amides is 1. The van der Waals surface area contributed by atoms with Crippen LogP contribution in [0.2, 0.25) is 0 Å². The molecule has 0 fully saturated rings. The number of aromatic nitrogens is 1. The fourth-order valence-corrected chi connectivity index (χ4v) is 2.37. The van der Waals surface area contributed by atoms with Crippen LogP contribution in [-0.2, 0) is 12.8 Å². The van der Waals surface area contributed by atoms with Crippen LogP contribution in [0.1, 0.15) is 17.0 Å². The SMILES string of the molecule is O=C(O)Nc1nc2c(s1)CCC2. The molecule has 2 N–H and O–H groups in total. The van der Waals surface area contributed by atoms with Gasteiger partial charge in [0.1, 0.15) is 0 Å². The maximum atomic E-state index is 10.3. The zero-order valence-electron chi connectivity index (χ0n) is 6.33. The zero-order valence-corrected chi connectivity index (χ0v) is 7.15. The van der Waals surface area contributed by atoms with Gasteiger partial charge in [-0.1, -0.05) is 0 Å². The minimum atomic E-state index is -1.04. The normalized spacial score (nSPS) is 14.3. The molecule has 0 saturated carbocycles. The molecular weight excluding hydrogens is 176 g/mol. The first-order chi connectivity index (χ1) is 5.75. The van der Waals surface area contributed by atoms with Crippen molar-refractivity contribution in [3.05, 3.63) is 10.6 Å². The molecule has 0 atom stereocenters. The number of hydrogen-bond donors (Lipinski definition) is 2. The molecule has 0 saturated heterocycles. The van der Waals surface area contributed by atoms with Gasteiger partial charge in [-0.2, -0.15) is 0 Å². The molecule has 1 aliphatic carbocycles. The van der Waals surface area contributed by atoms with Crippen molar-refractivity contribution < 1.29 is 9.90 Å². The molecule has 1 heterocycles. The molecule has 5 heteroatoms. The van der Waals surface area contributed by atoms with E-state index in [1.54, 1.807) is 0 Å². The molecule has 1 aliphatic rings. The van der Waals surface area contributed by atoms with E-state index >= 15 is 0 Å². The van der Waals surface area contributed by atoms with Gasteiger partial charge in [0.2, 0.25) is 0 Å². The highest BCUT2D eigenvalue weighted by Crippen LogP contribution is 2.30. The Kier molecular flexibility index (Phi) is 1.73. The van der Waals surface area contributed by atoms with Crippen molar-refractivity contribution >= 4 is 22.6 Å². The molecule has 0 radical (unpaired) electrons. The van der Waals surface area contributed by atoms with E-state index in [2.05, 4.69) is 10.3 Å². The van der Waals surface area contributed by atoms with Gasteiger partial charge in [-0.25, -0.2) is 9.78 Å². The van der Waals surface area contributed by atoms with Gasteiger partial charge in [0.05, 0.1) is 5.69 Å². The zero-order chi connectivity index (χ0) is 8.55. The molecule has 0 aromatic carbocycles. The third-order valence-electron chi connectivity index (χ3n) is 1.81. The van der Waals surface area contributed by atoms with Crippen molar-refractivity contribution in [3.63, 3.8) is 0 Å². The summed E-state index contributed by atoms with van der Waals surface area (Å²) in [6.07, 6.45) is 2.16. The Bertz CT molecular complexity index is 300. The highest BCUT2D eigenvalue weighted by Gasteiger charge is 2.17. The molecule has 0 spiro atoms. The lowest BCUT2D eigenvalue weighted by atomic mass is 10.4. The third-order valence-corrected chi connectivity index (χ3v) is 2.88. The fraction of sp³-hybridized carbons (Fsp3) is 0.429. The summed E-state index contributed by atoms with van der Waals surface area (Å²) in [5, 5.41) is 11.2. The highest BCUT2D eigenvalue weighted by molar-refractivity contribution is 7.15. The van der Waals surface area contributed by atoms with Crippen LogP contribution in [0.15, 0.2) is 0 Å². The molecule has 1 amide bonds. The van der Waals surface area contributed by atoms with Crippen LogP contribution < -0.4 is 5.32 Å². The lowest BCUT2D eigenvalue weighted by Crippen LogP contribution is -2.06. The first-order valence-corrected chi connectivity index (χ1v) is 4.56. The molecule has 1 aromatic heterocycles. The second-order valence-electron chi connectivity index (χ2n) is 2.67. The maximum Gasteiger partial charge on any atom is 0.410 e. The van der Waals surface area contributed by atoms with E-state index in [0.29, 0.717) is 5.13 Å². The molecule has 4 nitrogen and oxygen atoms in total. The van der Waals surface area contributed by atoms with Crippen LogP contribution >= 0.6 is 11.3 Å². The average Bonchev–Trinajstić information content (AvgIpc) is 2.43. The molecule has 0 aliphatic heterocycles. The monoisotopic (exact) mass is 184 g/mol. The standard InChI is InChI=1S/C7H8N2O2S/c10-7(11)9-6-8-4-2-1-3-5(4)12-6/h1-3H2,(H,8,9)(H,10,11). The van der Waals surface area contributed by atoms with E-state index < -0.39 is 6.09 Å². The van der Waals surface area contributed by atoms with Gasteiger partial charge in [0.15, 0.2) is 5.13 Å². The smallest absolute Gasteiger partial charge is 0.410 e. The first kappa shape index (κ1) is 7.54. The lowest BCUT2D eigenvalue weighted by Gasteiger charge is -1.92. The number of thiazole rings is 1. The van der Waals surface area contributed by atoms with Crippen LogP contribution in [0.25, 0.3) is 0 Å². The van der Waals surface area contributed by atoms with Crippen LogP contribution in [0, 0.1) is 0 Å². The van der Waals surface area contributed by atoms with Crippen molar-refractivity contribution in [2.75, 3.05) is 5.32 Å². The second-order valence-corrected chi connectivity index (χ2v) is 3.76. The van der Waals surface area contributed by atoms with Gasteiger partial charge >= 0.3 is 6.09 Å². The number of carboxylic acid groups (broad SMARTS) is 1. The van der Waals surface area contributed by atoms with Crippen LogP contribution in [0.4, 0.5) is 9.93 Å². The number of nitrogens with zero attached hydrogens (tertiary/aromatic N) is 1. The number of anilines is 1. The molecule has 0 unspecified atom stereocenters. The average molecular weight is 184 g/mol. The van der Waals surface area contributed by atoms with E-state index in [-0.39, 0.29) is 0 Å². The van der Waals surface area contributed by atoms with Gasteiger partial charge in [0.25, 0.3) is 0 Å². The summed E-state index contributed by atoms with van der Waals surface area (Å²) in [7, 11) is 0. The summed E-state index contributed by atoms with van der Waals surface area (Å²) in [4.78, 5) is 15.6. The van der Waals surface area contributed by atoms with Crippen molar-refractivity contribution in [3.8, 4) is 0 Å². The number of rotatable bonds is 1. The Hall–Kier alpha value is -1.10. The summed E-state index contributed by atoms with van der Waals surface area (Å²) < 4.78 is 0.